The molecular weight excluding hydrogens is 363 g/mol. The third-order valence-corrected chi connectivity index (χ3v) is 5.00. The van der Waals surface area contributed by atoms with Crippen LogP contribution in [0.1, 0.15) is 23.2 Å². The van der Waals surface area contributed by atoms with Gasteiger partial charge in [-0.3, -0.25) is 9.59 Å². The predicted octanol–water partition coefficient (Wildman–Crippen LogP) is 1.95. The molecule has 1 aliphatic rings. The summed E-state index contributed by atoms with van der Waals surface area (Å²) < 4.78 is 1.12. The fourth-order valence-electron chi connectivity index (χ4n) is 2.15. The van der Waals surface area contributed by atoms with Crippen molar-refractivity contribution in [3.05, 3.63) is 19.9 Å². The molecule has 0 aromatic carbocycles. The summed E-state index contributed by atoms with van der Waals surface area (Å²) >= 11 is 3.80. The Balaban J connectivity index is 1.94. The van der Waals surface area contributed by atoms with E-state index in [4.69, 9.17) is 0 Å². The van der Waals surface area contributed by atoms with Crippen LogP contribution in [0.5, 0.6) is 0 Å². The number of likely N-dealkylation sites (tertiary alicyclic amines) is 1. The van der Waals surface area contributed by atoms with E-state index in [2.05, 4.69) is 27.9 Å². The number of rotatable bonds is 2. The first kappa shape index (κ1) is 13.8. The lowest BCUT2D eigenvalue weighted by atomic mass is 9.95. The van der Waals surface area contributed by atoms with E-state index in [0.29, 0.717) is 13.1 Å². The minimum Gasteiger partial charge on any atom is -0.359 e. The van der Waals surface area contributed by atoms with Crippen LogP contribution in [0.3, 0.4) is 0 Å². The number of carbonyl (C=O) groups is 2. The van der Waals surface area contributed by atoms with Gasteiger partial charge < -0.3 is 10.2 Å². The molecule has 0 atom stereocenters. The Bertz CT molecular complexity index is 453. The van der Waals surface area contributed by atoms with Crippen LogP contribution in [0.25, 0.3) is 0 Å². The van der Waals surface area contributed by atoms with Gasteiger partial charge in [-0.05, 0) is 41.5 Å². The third-order valence-electron chi connectivity index (χ3n) is 3.21. The van der Waals surface area contributed by atoms with Crippen molar-refractivity contribution in [2.75, 3.05) is 20.1 Å². The van der Waals surface area contributed by atoms with Crippen LogP contribution >= 0.6 is 33.9 Å². The Morgan fingerprint density at radius 1 is 1.44 bits per heavy atom. The van der Waals surface area contributed by atoms with Crippen LogP contribution in [0.2, 0.25) is 0 Å². The summed E-state index contributed by atoms with van der Waals surface area (Å²) in [5.74, 6) is 0.235. The van der Waals surface area contributed by atoms with Crippen molar-refractivity contribution in [3.63, 3.8) is 0 Å². The lowest BCUT2D eigenvalue weighted by Gasteiger charge is -2.30. The molecule has 1 aromatic heterocycles. The van der Waals surface area contributed by atoms with Crippen LogP contribution < -0.4 is 5.32 Å². The van der Waals surface area contributed by atoms with Crippen molar-refractivity contribution in [1.82, 2.24) is 10.2 Å². The molecule has 98 valence electrons. The van der Waals surface area contributed by atoms with Crippen LogP contribution in [0.15, 0.2) is 11.4 Å². The molecule has 18 heavy (non-hydrogen) atoms. The van der Waals surface area contributed by atoms with Gasteiger partial charge in [0, 0.05) is 31.4 Å². The molecule has 2 amide bonds. The number of hydrogen-bond acceptors (Lipinski definition) is 3. The van der Waals surface area contributed by atoms with Gasteiger partial charge in [-0.25, -0.2) is 0 Å². The highest BCUT2D eigenvalue weighted by atomic mass is 127. The first-order valence-electron chi connectivity index (χ1n) is 5.86. The van der Waals surface area contributed by atoms with Gasteiger partial charge in [-0.1, -0.05) is 0 Å². The SMILES string of the molecule is CNC(=O)C1CCN(C(=O)c2csc(I)c2)CC1. The zero-order valence-electron chi connectivity index (χ0n) is 10.1. The van der Waals surface area contributed by atoms with Gasteiger partial charge in [0.25, 0.3) is 5.91 Å². The summed E-state index contributed by atoms with van der Waals surface area (Å²) in [6.07, 6.45) is 1.51. The second-order valence-corrected chi connectivity index (χ2v) is 7.13. The summed E-state index contributed by atoms with van der Waals surface area (Å²) in [6, 6.07) is 1.92. The Labute approximate surface area is 124 Å². The van der Waals surface area contributed by atoms with E-state index >= 15 is 0 Å². The number of nitrogens with zero attached hydrogens (tertiary/aromatic N) is 1. The van der Waals surface area contributed by atoms with Crippen molar-refractivity contribution < 1.29 is 9.59 Å². The maximum absolute atomic E-state index is 12.2. The molecule has 4 nitrogen and oxygen atoms in total. The van der Waals surface area contributed by atoms with Crippen LogP contribution in [0.4, 0.5) is 0 Å². The average molecular weight is 378 g/mol. The summed E-state index contributed by atoms with van der Waals surface area (Å²) in [7, 11) is 1.66. The smallest absolute Gasteiger partial charge is 0.254 e. The number of hydrogen-bond donors (Lipinski definition) is 1. The Morgan fingerprint density at radius 2 is 2.11 bits per heavy atom. The second kappa shape index (κ2) is 6.01. The number of thiophene rings is 1. The molecule has 0 bridgehead atoms. The molecule has 2 rings (SSSR count). The van der Waals surface area contributed by atoms with Gasteiger partial charge in [0.2, 0.25) is 5.91 Å². The number of amides is 2. The summed E-state index contributed by atoms with van der Waals surface area (Å²) in [5, 5.41) is 4.57. The quantitative estimate of drug-likeness (QED) is 0.800. The van der Waals surface area contributed by atoms with Gasteiger partial charge in [0.15, 0.2) is 0 Å². The third kappa shape index (κ3) is 3.03. The largest absolute Gasteiger partial charge is 0.359 e. The van der Waals surface area contributed by atoms with Crippen molar-refractivity contribution in [2.45, 2.75) is 12.8 Å². The molecule has 0 unspecified atom stereocenters. The maximum Gasteiger partial charge on any atom is 0.254 e. The predicted molar refractivity (Wildman–Crippen MR) is 79.7 cm³/mol. The highest BCUT2D eigenvalue weighted by molar-refractivity contribution is 14.1. The molecule has 1 saturated heterocycles. The summed E-state index contributed by atoms with van der Waals surface area (Å²) in [4.78, 5) is 25.5. The topological polar surface area (TPSA) is 49.4 Å². The molecule has 0 spiro atoms. The first-order valence-corrected chi connectivity index (χ1v) is 7.82. The normalized spacial score (nSPS) is 16.7. The molecule has 0 aliphatic carbocycles. The van der Waals surface area contributed by atoms with E-state index in [1.165, 1.54) is 0 Å². The standard InChI is InChI=1S/C12H15IN2O2S/c1-14-11(16)8-2-4-15(5-3-8)12(17)9-6-10(13)18-7-9/h6-8H,2-5H2,1H3,(H,14,16). The van der Waals surface area contributed by atoms with Gasteiger partial charge >= 0.3 is 0 Å². The van der Waals surface area contributed by atoms with Gasteiger partial charge in [-0.15, -0.1) is 11.3 Å². The minimum absolute atomic E-state index is 0.0571. The molecule has 6 heteroatoms. The van der Waals surface area contributed by atoms with Gasteiger partial charge in [-0.2, -0.15) is 0 Å². The molecule has 1 aliphatic heterocycles. The Morgan fingerprint density at radius 3 is 2.61 bits per heavy atom. The van der Waals surface area contributed by atoms with Crippen molar-refractivity contribution >= 4 is 45.7 Å². The van der Waals surface area contributed by atoms with E-state index < -0.39 is 0 Å². The van der Waals surface area contributed by atoms with E-state index in [1.54, 1.807) is 18.4 Å². The van der Waals surface area contributed by atoms with Gasteiger partial charge in [0.1, 0.15) is 0 Å². The molecule has 0 saturated carbocycles. The molecule has 1 aromatic rings. The maximum atomic E-state index is 12.2. The molecule has 0 radical (unpaired) electrons. The monoisotopic (exact) mass is 378 g/mol. The van der Waals surface area contributed by atoms with Gasteiger partial charge in [0.05, 0.1) is 8.45 Å². The lowest BCUT2D eigenvalue weighted by Crippen LogP contribution is -2.42. The fraction of sp³-hybridized carbons (Fsp3) is 0.500. The van der Waals surface area contributed by atoms with Crippen molar-refractivity contribution in [2.24, 2.45) is 5.92 Å². The number of nitrogens with one attached hydrogen (secondary N) is 1. The van der Waals surface area contributed by atoms with E-state index in [-0.39, 0.29) is 17.7 Å². The second-order valence-electron chi connectivity index (χ2n) is 4.32. The molecule has 1 fully saturated rings. The van der Waals surface area contributed by atoms with E-state index in [9.17, 15) is 9.59 Å². The number of piperidine rings is 1. The fourth-order valence-corrected chi connectivity index (χ4v) is 3.47. The zero-order valence-corrected chi connectivity index (χ0v) is 13.1. The Kier molecular flexibility index (Phi) is 4.60. The summed E-state index contributed by atoms with van der Waals surface area (Å²) in [6.45, 7) is 1.34. The number of halogens is 1. The first-order chi connectivity index (χ1) is 8.61. The van der Waals surface area contributed by atoms with Crippen LogP contribution in [-0.4, -0.2) is 36.9 Å². The highest BCUT2D eigenvalue weighted by Gasteiger charge is 2.27. The van der Waals surface area contributed by atoms with Crippen molar-refractivity contribution in [3.8, 4) is 0 Å². The molecular formula is C12H15IN2O2S. The average Bonchev–Trinajstić information content (AvgIpc) is 2.84. The molecule has 2 heterocycles. The van der Waals surface area contributed by atoms with Crippen LogP contribution in [0, 0.1) is 8.80 Å². The van der Waals surface area contributed by atoms with E-state index in [0.717, 1.165) is 21.3 Å². The minimum atomic E-state index is 0.0571. The van der Waals surface area contributed by atoms with E-state index in [1.807, 2.05) is 16.3 Å². The highest BCUT2D eigenvalue weighted by Crippen LogP contribution is 2.22. The summed E-state index contributed by atoms with van der Waals surface area (Å²) in [5.41, 5.74) is 0.766. The zero-order chi connectivity index (χ0) is 13.1. The van der Waals surface area contributed by atoms with Crippen molar-refractivity contribution in [1.29, 1.82) is 0 Å². The number of carbonyl (C=O) groups excluding carboxylic acids is 2. The molecule has 1 N–H and O–H groups in total. The van der Waals surface area contributed by atoms with Crippen LogP contribution in [-0.2, 0) is 4.79 Å². The lowest BCUT2D eigenvalue weighted by molar-refractivity contribution is -0.125. The Hall–Kier alpha value is -0.630.